The van der Waals surface area contributed by atoms with Crippen molar-refractivity contribution < 1.29 is 28.5 Å². The molecule has 0 saturated carbocycles. The van der Waals surface area contributed by atoms with Crippen LogP contribution in [0.3, 0.4) is 0 Å². The first kappa shape index (κ1) is 29.0. The van der Waals surface area contributed by atoms with Gasteiger partial charge in [0.25, 0.3) is 0 Å². The summed E-state index contributed by atoms with van der Waals surface area (Å²) >= 11 is 6.54. The van der Waals surface area contributed by atoms with Crippen molar-refractivity contribution in [3.63, 3.8) is 0 Å². The van der Waals surface area contributed by atoms with Crippen LogP contribution in [0, 0.1) is 0 Å². The fraction of sp³-hybridized carbons (Fsp3) is 0.429. The highest BCUT2D eigenvalue weighted by atomic mass is 35.5. The normalized spacial score (nSPS) is 10.8. The number of carbonyl (C=O) groups excluding carboxylic acids is 2. The zero-order valence-corrected chi connectivity index (χ0v) is 22.9. The number of nitrogens with zero attached hydrogens (tertiary/aromatic N) is 3. The van der Waals surface area contributed by atoms with E-state index in [0.29, 0.717) is 45.4 Å². The van der Waals surface area contributed by atoms with Crippen molar-refractivity contribution in [2.45, 2.75) is 52.4 Å². The lowest BCUT2D eigenvalue weighted by Crippen LogP contribution is -2.14. The molecule has 0 aliphatic heterocycles. The molecule has 204 valence electrons. The number of ether oxygens (including phenoxy) is 4. The third-order valence-electron chi connectivity index (χ3n) is 5.70. The van der Waals surface area contributed by atoms with E-state index in [9.17, 15) is 9.59 Å². The fourth-order valence-electron chi connectivity index (χ4n) is 3.65. The van der Waals surface area contributed by atoms with E-state index in [0.717, 1.165) is 12.8 Å². The molecule has 0 fully saturated rings. The molecule has 1 heterocycles. The number of rotatable bonds is 15. The number of esters is 2. The Balaban J connectivity index is 1.65. The number of carbonyl (C=O) groups is 2. The minimum absolute atomic E-state index is 0.0584. The van der Waals surface area contributed by atoms with Gasteiger partial charge in [0.05, 0.1) is 30.0 Å². The summed E-state index contributed by atoms with van der Waals surface area (Å²) in [4.78, 5) is 25.2. The summed E-state index contributed by atoms with van der Waals surface area (Å²) in [5.41, 5.74) is 2.23. The molecule has 0 atom stereocenters. The maximum atomic E-state index is 12.4. The first-order valence-corrected chi connectivity index (χ1v) is 13.1. The summed E-state index contributed by atoms with van der Waals surface area (Å²) in [5.74, 6) is -0.128. The monoisotopic (exact) mass is 543 g/mol. The third-order valence-corrected chi connectivity index (χ3v) is 5.98. The number of aromatic nitrogens is 3. The van der Waals surface area contributed by atoms with E-state index in [1.807, 2.05) is 0 Å². The second kappa shape index (κ2) is 14.4. The predicted octanol–water partition coefficient (Wildman–Crippen LogP) is 6.10. The second-order valence-electron chi connectivity index (χ2n) is 8.82. The van der Waals surface area contributed by atoms with Gasteiger partial charge in [0.1, 0.15) is 24.2 Å². The molecule has 10 heteroatoms. The van der Waals surface area contributed by atoms with Crippen LogP contribution in [-0.4, -0.2) is 53.9 Å². The smallest absolute Gasteiger partial charge is 0.338 e. The molecule has 0 saturated heterocycles. The van der Waals surface area contributed by atoms with Gasteiger partial charge in [0.2, 0.25) is 0 Å². The molecule has 38 heavy (non-hydrogen) atoms. The molecule has 1 aromatic heterocycles. The van der Waals surface area contributed by atoms with Crippen molar-refractivity contribution in [2.24, 2.45) is 0 Å². The lowest BCUT2D eigenvalue weighted by molar-refractivity contribution is -0.140. The Morgan fingerprint density at radius 1 is 0.947 bits per heavy atom. The highest BCUT2D eigenvalue weighted by molar-refractivity contribution is 6.32. The van der Waals surface area contributed by atoms with E-state index < -0.39 is 11.9 Å². The molecular weight excluding hydrogens is 510 g/mol. The lowest BCUT2D eigenvalue weighted by atomic mass is 10.1. The number of methoxy groups -OCH3 is 1. The number of unbranched alkanes of at least 4 members (excludes halogenated alkanes) is 5. The van der Waals surface area contributed by atoms with Crippen molar-refractivity contribution in [2.75, 3.05) is 26.9 Å². The van der Waals surface area contributed by atoms with Gasteiger partial charge in [-0.15, -0.1) is 10.2 Å². The number of hydrogen-bond donors (Lipinski definition) is 0. The summed E-state index contributed by atoms with van der Waals surface area (Å²) in [6, 6.07) is 8.31. The molecule has 2 aromatic carbocycles. The van der Waals surface area contributed by atoms with Crippen LogP contribution in [0.1, 0.15) is 62.7 Å². The first-order valence-electron chi connectivity index (χ1n) is 12.7. The minimum atomic E-state index is -0.565. The molecule has 0 aliphatic rings. The van der Waals surface area contributed by atoms with Crippen LogP contribution < -0.4 is 9.47 Å². The average Bonchev–Trinajstić information content (AvgIpc) is 3.34. The maximum absolute atomic E-state index is 12.4. The van der Waals surface area contributed by atoms with Crippen molar-refractivity contribution in [1.29, 1.82) is 0 Å². The van der Waals surface area contributed by atoms with Crippen molar-refractivity contribution in [3.05, 3.63) is 53.1 Å². The summed E-state index contributed by atoms with van der Waals surface area (Å²) in [6.45, 7) is 7.66. The Bertz CT molecular complexity index is 1270. The van der Waals surface area contributed by atoms with E-state index in [-0.39, 0.29) is 18.8 Å². The van der Waals surface area contributed by atoms with Crippen LogP contribution in [-0.2, 0) is 14.3 Å². The van der Waals surface area contributed by atoms with Gasteiger partial charge in [-0.2, -0.15) is 4.80 Å². The maximum Gasteiger partial charge on any atom is 0.338 e. The van der Waals surface area contributed by atoms with E-state index in [1.165, 1.54) is 30.5 Å². The van der Waals surface area contributed by atoms with Gasteiger partial charge in [0.15, 0.2) is 11.5 Å². The molecule has 3 aromatic rings. The summed E-state index contributed by atoms with van der Waals surface area (Å²) < 4.78 is 21.6. The Kier molecular flexibility index (Phi) is 11.0. The second-order valence-corrected chi connectivity index (χ2v) is 9.23. The van der Waals surface area contributed by atoms with Crippen LogP contribution in [0.25, 0.3) is 16.7 Å². The standard InChI is InChI=1S/C28H34ClN3O6/c1-5-6-7-8-9-10-13-36-26-22(29)17-21(18-25(26)35-4)32-30-23-12-11-20(16-24(23)31-32)28(34)38-15-14-37-27(33)19(2)3/h11-12,16-18H,2,5-10,13-15H2,1,3-4H3. The van der Waals surface area contributed by atoms with E-state index in [4.69, 9.17) is 30.5 Å². The highest BCUT2D eigenvalue weighted by Gasteiger charge is 2.16. The Labute approximate surface area is 227 Å². The lowest BCUT2D eigenvalue weighted by Gasteiger charge is -2.14. The van der Waals surface area contributed by atoms with Crippen LogP contribution in [0.2, 0.25) is 5.02 Å². The van der Waals surface area contributed by atoms with Gasteiger partial charge in [-0.05, 0) is 37.6 Å². The SMILES string of the molecule is C=C(C)C(=O)OCCOC(=O)c1ccc2nn(-c3cc(Cl)c(OCCCCCCCC)c(OC)c3)nc2c1. The van der Waals surface area contributed by atoms with E-state index in [1.54, 1.807) is 44.4 Å². The first-order chi connectivity index (χ1) is 18.3. The van der Waals surface area contributed by atoms with Gasteiger partial charge in [-0.3, -0.25) is 0 Å². The number of fused-ring (bicyclic) bond motifs is 1. The molecule has 0 aliphatic carbocycles. The quantitative estimate of drug-likeness (QED) is 0.129. The van der Waals surface area contributed by atoms with Crippen molar-refractivity contribution >= 4 is 34.6 Å². The molecule has 0 bridgehead atoms. The van der Waals surface area contributed by atoms with Gasteiger partial charge in [-0.1, -0.05) is 57.2 Å². The van der Waals surface area contributed by atoms with Crippen LogP contribution in [0.5, 0.6) is 11.5 Å². The van der Waals surface area contributed by atoms with Crippen molar-refractivity contribution in [1.82, 2.24) is 15.0 Å². The summed E-state index contributed by atoms with van der Waals surface area (Å²) in [6.07, 6.45) is 6.99. The molecule has 0 spiro atoms. The zero-order valence-electron chi connectivity index (χ0n) is 22.1. The molecule has 0 N–H and O–H groups in total. The summed E-state index contributed by atoms with van der Waals surface area (Å²) in [5, 5.41) is 9.36. The molecule has 0 radical (unpaired) electrons. The molecular formula is C28H34ClN3O6. The van der Waals surface area contributed by atoms with E-state index >= 15 is 0 Å². The molecule has 3 rings (SSSR count). The van der Waals surface area contributed by atoms with Crippen molar-refractivity contribution in [3.8, 4) is 17.2 Å². The van der Waals surface area contributed by atoms with Gasteiger partial charge in [-0.25, -0.2) is 9.59 Å². The summed E-state index contributed by atoms with van der Waals surface area (Å²) in [7, 11) is 1.55. The third kappa shape index (κ3) is 7.95. The Morgan fingerprint density at radius 3 is 2.39 bits per heavy atom. The largest absolute Gasteiger partial charge is 0.493 e. The van der Waals surface area contributed by atoms with E-state index in [2.05, 4.69) is 23.7 Å². The van der Waals surface area contributed by atoms with Crippen LogP contribution in [0.4, 0.5) is 0 Å². The van der Waals surface area contributed by atoms with Gasteiger partial charge < -0.3 is 18.9 Å². The van der Waals surface area contributed by atoms with Crippen LogP contribution in [0.15, 0.2) is 42.5 Å². The molecule has 0 amide bonds. The Hall–Kier alpha value is -3.59. The minimum Gasteiger partial charge on any atom is -0.493 e. The topological polar surface area (TPSA) is 102 Å². The number of benzene rings is 2. The highest BCUT2D eigenvalue weighted by Crippen LogP contribution is 2.37. The number of halogens is 1. The zero-order chi connectivity index (χ0) is 27.5. The fourth-order valence-corrected chi connectivity index (χ4v) is 3.91. The van der Waals surface area contributed by atoms with Crippen LogP contribution >= 0.6 is 11.6 Å². The molecule has 0 unspecified atom stereocenters. The predicted molar refractivity (Wildman–Crippen MR) is 145 cm³/mol. The molecule has 9 nitrogen and oxygen atoms in total. The average molecular weight is 544 g/mol. The number of hydrogen-bond acceptors (Lipinski definition) is 8. The van der Waals surface area contributed by atoms with Gasteiger partial charge in [0, 0.05) is 11.6 Å². The Morgan fingerprint density at radius 2 is 1.66 bits per heavy atom. The van der Waals surface area contributed by atoms with Gasteiger partial charge >= 0.3 is 11.9 Å².